The second kappa shape index (κ2) is 13.0. The van der Waals surface area contributed by atoms with Gasteiger partial charge in [0.2, 0.25) is 0 Å². The molecule has 0 spiro atoms. The van der Waals surface area contributed by atoms with Crippen LogP contribution in [0.5, 0.6) is 0 Å². The maximum atomic E-state index is 12.5. The molecule has 0 aliphatic rings. The minimum atomic E-state index is -1.05. The van der Waals surface area contributed by atoms with Gasteiger partial charge < -0.3 is 19.0 Å². The molecule has 3 aromatic carbocycles. The number of nitrogens with zero attached hydrogens (tertiary/aromatic N) is 2. The molecular formula is C32H22N4O8. The number of hydrogen-bond donors (Lipinski definition) is 4. The van der Waals surface area contributed by atoms with Gasteiger partial charge in [0.25, 0.3) is 11.8 Å². The summed E-state index contributed by atoms with van der Waals surface area (Å²) in [4.78, 5) is 47.3. The topological polar surface area (TPSA) is 184 Å². The Bertz CT molecular complexity index is 1780. The average Bonchev–Trinajstić information content (AvgIpc) is 3.71. The van der Waals surface area contributed by atoms with E-state index in [9.17, 15) is 19.2 Å². The van der Waals surface area contributed by atoms with Gasteiger partial charge in [-0.25, -0.2) is 20.4 Å². The molecule has 0 saturated carbocycles. The Balaban J connectivity index is 1.12. The highest BCUT2D eigenvalue weighted by atomic mass is 16.4. The first-order chi connectivity index (χ1) is 21.3. The molecule has 12 heteroatoms. The number of carboxylic acid groups (broad SMARTS) is 2. The molecule has 0 atom stereocenters. The van der Waals surface area contributed by atoms with Crippen molar-refractivity contribution < 1.29 is 38.2 Å². The molecule has 44 heavy (non-hydrogen) atoms. The zero-order valence-electron chi connectivity index (χ0n) is 22.6. The first-order valence-electron chi connectivity index (χ1n) is 12.9. The van der Waals surface area contributed by atoms with Crippen molar-refractivity contribution in [3.8, 4) is 22.6 Å². The van der Waals surface area contributed by atoms with Gasteiger partial charge in [-0.1, -0.05) is 24.3 Å². The fraction of sp³-hybridized carbons (Fsp3) is 0. The third-order valence-corrected chi connectivity index (χ3v) is 6.17. The van der Waals surface area contributed by atoms with Gasteiger partial charge in [-0.15, -0.1) is 0 Å². The van der Waals surface area contributed by atoms with E-state index in [1.807, 2.05) is 0 Å². The lowest BCUT2D eigenvalue weighted by molar-refractivity contribution is 0.0686. The van der Waals surface area contributed by atoms with Crippen LogP contribution in [0.1, 0.15) is 53.0 Å². The van der Waals surface area contributed by atoms with Crippen molar-refractivity contribution in [2.45, 2.75) is 0 Å². The number of rotatable bonds is 10. The Morgan fingerprint density at radius 1 is 0.545 bits per heavy atom. The Morgan fingerprint density at radius 3 is 1.34 bits per heavy atom. The van der Waals surface area contributed by atoms with Crippen LogP contribution in [0.25, 0.3) is 22.6 Å². The van der Waals surface area contributed by atoms with E-state index < -0.39 is 23.8 Å². The minimum Gasteiger partial charge on any atom is -0.478 e. The van der Waals surface area contributed by atoms with Crippen LogP contribution in [-0.4, -0.2) is 46.4 Å². The molecule has 218 valence electrons. The molecule has 0 aliphatic heterocycles. The van der Waals surface area contributed by atoms with Crippen LogP contribution in [0.3, 0.4) is 0 Å². The molecule has 2 heterocycles. The third-order valence-electron chi connectivity index (χ3n) is 6.17. The van der Waals surface area contributed by atoms with Crippen molar-refractivity contribution >= 4 is 36.2 Å². The van der Waals surface area contributed by atoms with Crippen molar-refractivity contribution in [2.24, 2.45) is 10.2 Å². The zero-order chi connectivity index (χ0) is 31.1. The van der Waals surface area contributed by atoms with Gasteiger partial charge in [-0.3, -0.25) is 9.59 Å². The number of nitrogens with one attached hydrogen (secondary N) is 2. The average molecular weight is 591 g/mol. The van der Waals surface area contributed by atoms with Crippen LogP contribution in [0, 0.1) is 0 Å². The molecular weight excluding hydrogens is 568 g/mol. The normalized spacial score (nSPS) is 11.1. The van der Waals surface area contributed by atoms with Gasteiger partial charge in [0.1, 0.15) is 23.0 Å². The molecule has 5 aromatic rings. The van der Waals surface area contributed by atoms with E-state index >= 15 is 0 Å². The predicted octanol–water partition coefficient (Wildman–Crippen LogP) is 5.13. The number of hydrogen-bond acceptors (Lipinski definition) is 8. The zero-order valence-corrected chi connectivity index (χ0v) is 22.6. The minimum absolute atomic E-state index is 0.129. The van der Waals surface area contributed by atoms with Crippen molar-refractivity contribution in [1.29, 1.82) is 0 Å². The fourth-order valence-corrected chi connectivity index (χ4v) is 3.98. The first-order valence-corrected chi connectivity index (χ1v) is 12.9. The number of carbonyl (C=O) groups is 4. The van der Waals surface area contributed by atoms with Gasteiger partial charge in [0.05, 0.1) is 23.6 Å². The van der Waals surface area contributed by atoms with Crippen LogP contribution in [-0.2, 0) is 0 Å². The summed E-state index contributed by atoms with van der Waals surface area (Å²) in [5, 5.41) is 26.1. The summed E-state index contributed by atoms with van der Waals surface area (Å²) in [5.41, 5.74) is 6.67. The van der Waals surface area contributed by atoms with E-state index in [-0.39, 0.29) is 22.3 Å². The van der Waals surface area contributed by atoms with Gasteiger partial charge >= 0.3 is 11.9 Å². The maximum absolute atomic E-state index is 12.5. The quantitative estimate of drug-likeness (QED) is 0.127. The Kier molecular flexibility index (Phi) is 8.52. The van der Waals surface area contributed by atoms with Crippen LogP contribution in [0.15, 0.2) is 116 Å². The number of amides is 2. The molecule has 0 unspecified atom stereocenters. The summed E-state index contributed by atoms with van der Waals surface area (Å²) in [5.74, 6) is -1.57. The van der Waals surface area contributed by atoms with Gasteiger partial charge in [0.15, 0.2) is 0 Å². The number of furan rings is 2. The highest BCUT2D eigenvalue weighted by Gasteiger charge is 2.11. The molecule has 2 aromatic heterocycles. The van der Waals surface area contributed by atoms with E-state index in [0.29, 0.717) is 34.2 Å². The second-order valence-electron chi connectivity index (χ2n) is 9.15. The van der Waals surface area contributed by atoms with E-state index in [2.05, 4.69) is 21.1 Å². The number of carbonyl (C=O) groups excluding carboxylic acids is 2. The second-order valence-corrected chi connectivity index (χ2v) is 9.15. The lowest BCUT2D eigenvalue weighted by Crippen LogP contribution is -2.19. The molecule has 0 aliphatic carbocycles. The number of aromatic carboxylic acids is 2. The molecule has 0 saturated heterocycles. The van der Waals surface area contributed by atoms with Gasteiger partial charge in [-0.05, 0) is 72.8 Å². The molecule has 0 fully saturated rings. The van der Waals surface area contributed by atoms with Crippen molar-refractivity contribution in [2.75, 3.05) is 0 Å². The van der Waals surface area contributed by atoms with Crippen molar-refractivity contribution in [1.82, 2.24) is 10.9 Å². The summed E-state index contributed by atoms with van der Waals surface area (Å²) in [6.45, 7) is 0. The molecule has 2 amide bonds. The largest absolute Gasteiger partial charge is 0.478 e. The Morgan fingerprint density at radius 2 is 0.955 bits per heavy atom. The smallest absolute Gasteiger partial charge is 0.335 e. The number of carboxylic acids is 2. The fourth-order valence-electron chi connectivity index (χ4n) is 3.98. The van der Waals surface area contributed by atoms with Gasteiger partial charge in [-0.2, -0.15) is 10.2 Å². The summed E-state index contributed by atoms with van der Waals surface area (Å²) in [7, 11) is 0. The van der Waals surface area contributed by atoms with E-state index in [1.165, 1.54) is 61.0 Å². The highest BCUT2D eigenvalue weighted by Crippen LogP contribution is 2.24. The summed E-state index contributed by atoms with van der Waals surface area (Å²) >= 11 is 0. The molecule has 0 radical (unpaired) electrons. The van der Waals surface area contributed by atoms with Crippen LogP contribution in [0.4, 0.5) is 0 Å². The third kappa shape index (κ3) is 7.01. The first kappa shape index (κ1) is 29.0. The van der Waals surface area contributed by atoms with Crippen LogP contribution >= 0.6 is 0 Å². The van der Waals surface area contributed by atoms with Crippen LogP contribution < -0.4 is 10.9 Å². The Labute approximate surface area is 249 Å². The summed E-state index contributed by atoms with van der Waals surface area (Å²) in [6, 6.07) is 25.0. The predicted molar refractivity (Wildman–Crippen MR) is 159 cm³/mol. The van der Waals surface area contributed by atoms with Crippen molar-refractivity contribution in [3.63, 3.8) is 0 Å². The SMILES string of the molecule is O=C(O)c1cccc(-c2ccc(/C=N/NC(=O)c3ccc(C(=O)N/N=C/c4ccc(-c5cccc(C(=O)O)c5)o4)cc3)o2)c1. The number of benzene rings is 3. The lowest BCUT2D eigenvalue weighted by Gasteiger charge is -2.02. The van der Waals surface area contributed by atoms with E-state index in [4.69, 9.17) is 19.0 Å². The number of hydrazone groups is 2. The molecule has 12 nitrogen and oxygen atoms in total. The summed E-state index contributed by atoms with van der Waals surface area (Å²) < 4.78 is 11.3. The van der Waals surface area contributed by atoms with E-state index in [1.54, 1.807) is 48.5 Å². The molecule has 4 N–H and O–H groups in total. The monoisotopic (exact) mass is 590 g/mol. The Hall–Kier alpha value is -6.56. The van der Waals surface area contributed by atoms with Crippen molar-refractivity contribution in [3.05, 3.63) is 131 Å². The maximum Gasteiger partial charge on any atom is 0.335 e. The van der Waals surface area contributed by atoms with Gasteiger partial charge in [0, 0.05) is 22.3 Å². The summed E-state index contributed by atoms with van der Waals surface area (Å²) in [6.07, 6.45) is 2.61. The molecule has 5 rings (SSSR count). The standard InChI is InChI=1S/C32H22N4O8/c37-29(35-33-17-25-11-13-27(43-25)21-3-1-5-23(15-21)31(39)40)19-7-9-20(10-8-19)30(38)36-34-18-26-12-14-28(44-26)22-4-2-6-24(16-22)32(41)42/h1-18H,(H,35,37)(H,36,38)(H,39,40)(H,41,42)/b33-17+,34-18+. The lowest BCUT2D eigenvalue weighted by atomic mass is 10.1. The van der Waals surface area contributed by atoms with Crippen LogP contribution in [0.2, 0.25) is 0 Å². The highest BCUT2D eigenvalue weighted by molar-refractivity contribution is 5.98. The van der Waals surface area contributed by atoms with E-state index in [0.717, 1.165) is 0 Å². The molecule has 0 bridgehead atoms.